The number of rotatable bonds is 7. The Morgan fingerprint density at radius 3 is 2.94 bits per heavy atom. The van der Waals surface area contributed by atoms with Gasteiger partial charge in [-0.05, 0) is 50.6 Å². The number of Topliss-reactive ketones (excluding diaryl/α,β-unsaturated/α-hetero) is 1. The van der Waals surface area contributed by atoms with E-state index in [0.717, 1.165) is 37.4 Å². The average Bonchev–Trinajstić information content (AvgIpc) is 2.80. The fraction of sp³-hybridized carbons (Fsp3) is 0.500. The molecule has 4 heteroatoms. The molecule has 0 aliphatic carbocycles. The Bertz CT molecular complexity index is 418. The van der Waals surface area contributed by atoms with E-state index >= 15 is 0 Å². The van der Waals surface area contributed by atoms with Gasteiger partial charge in [-0.3, -0.25) is 0 Å². The van der Waals surface area contributed by atoms with Crippen LogP contribution in [0.2, 0.25) is 0 Å². The van der Waals surface area contributed by atoms with E-state index in [-0.39, 0.29) is 5.78 Å². The molecule has 0 bridgehead atoms. The van der Waals surface area contributed by atoms with Gasteiger partial charge in [0.15, 0.2) is 11.5 Å². The maximum absolute atomic E-state index is 10.8. The Labute approximate surface area is 107 Å². The molecular weight excluding hydrogens is 230 g/mol. The molecule has 0 fully saturated rings. The number of hydrogen-bond donors (Lipinski definition) is 1. The van der Waals surface area contributed by atoms with Gasteiger partial charge in [-0.15, -0.1) is 0 Å². The molecule has 0 aromatic heterocycles. The van der Waals surface area contributed by atoms with Gasteiger partial charge in [0.1, 0.15) is 5.78 Å². The summed E-state index contributed by atoms with van der Waals surface area (Å²) in [5.74, 6) is 1.92. The molecule has 18 heavy (non-hydrogen) atoms. The summed E-state index contributed by atoms with van der Waals surface area (Å²) in [4.78, 5) is 10.8. The largest absolute Gasteiger partial charge is 0.454 e. The number of fused-ring (bicyclic) bond motifs is 1. The molecule has 1 aliphatic heterocycles. The first-order chi connectivity index (χ1) is 8.75. The third-order valence-corrected chi connectivity index (χ3v) is 2.91. The predicted octanol–water partition coefficient (Wildman–Crippen LogP) is 1.92. The Morgan fingerprint density at radius 2 is 2.11 bits per heavy atom. The van der Waals surface area contributed by atoms with E-state index in [1.165, 1.54) is 5.56 Å². The monoisotopic (exact) mass is 249 g/mol. The van der Waals surface area contributed by atoms with Crippen molar-refractivity contribution in [3.8, 4) is 11.5 Å². The summed E-state index contributed by atoms with van der Waals surface area (Å²) in [7, 11) is 0. The smallest absolute Gasteiger partial charge is 0.231 e. The van der Waals surface area contributed by atoms with Crippen molar-refractivity contribution in [3.05, 3.63) is 23.8 Å². The number of carbonyl (C=O) groups is 1. The highest BCUT2D eigenvalue weighted by Crippen LogP contribution is 2.32. The minimum Gasteiger partial charge on any atom is -0.454 e. The molecule has 2 rings (SSSR count). The van der Waals surface area contributed by atoms with Crippen LogP contribution in [0.3, 0.4) is 0 Å². The molecule has 1 aliphatic rings. The summed E-state index contributed by atoms with van der Waals surface area (Å²) in [6.07, 6.45) is 2.53. The zero-order valence-electron chi connectivity index (χ0n) is 10.7. The molecule has 0 saturated carbocycles. The van der Waals surface area contributed by atoms with Crippen molar-refractivity contribution in [2.24, 2.45) is 0 Å². The van der Waals surface area contributed by atoms with Crippen LogP contribution in [0.4, 0.5) is 0 Å². The lowest BCUT2D eigenvalue weighted by Gasteiger charge is -2.05. The number of benzene rings is 1. The fourth-order valence-electron chi connectivity index (χ4n) is 1.92. The quantitative estimate of drug-likeness (QED) is 0.750. The van der Waals surface area contributed by atoms with E-state index in [0.29, 0.717) is 13.2 Å². The van der Waals surface area contributed by atoms with Crippen molar-refractivity contribution in [1.82, 2.24) is 5.32 Å². The summed E-state index contributed by atoms with van der Waals surface area (Å²) in [6, 6.07) is 6.04. The Kier molecular flexibility index (Phi) is 4.59. The van der Waals surface area contributed by atoms with Gasteiger partial charge >= 0.3 is 0 Å². The number of ether oxygens (including phenoxy) is 2. The van der Waals surface area contributed by atoms with Crippen molar-refractivity contribution in [3.63, 3.8) is 0 Å². The SMILES string of the molecule is CC(=O)CCCNCCc1ccc2c(c1)OCO2. The lowest BCUT2D eigenvalue weighted by Crippen LogP contribution is -2.19. The van der Waals surface area contributed by atoms with Crippen LogP contribution in [0.15, 0.2) is 18.2 Å². The van der Waals surface area contributed by atoms with E-state index in [2.05, 4.69) is 11.4 Å². The Hall–Kier alpha value is -1.55. The maximum atomic E-state index is 10.8. The highest BCUT2D eigenvalue weighted by Gasteiger charge is 2.12. The maximum Gasteiger partial charge on any atom is 0.231 e. The summed E-state index contributed by atoms with van der Waals surface area (Å²) >= 11 is 0. The van der Waals surface area contributed by atoms with Gasteiger partial charge < -0.3 is 19.6 Å². The summed E-state index contributed by atoms with van der Waals surface area (Å²) in [5, 5.41) is 3.33. The fourth-order valence-corrected chi connectivity index (χ4v) is 1.92. The van der Waals surface area contributed by atoms with Crippen LogP contribution in [0, 0.1) is 0 Å². The van der Waals surface area contributed by atoms with Gasteiger partial charge in [0.2, 0.25) is 6.79 Å². The first-order valence-electron chi connectivity index (χ1n) is 6.34. The van der Waals surface area contributed by atoms with E-state index in [9.17, 15) is 4.79 Å². The molecule has 1 aromatic rings. The van der Waals surface area contributed by atoms with Crippen molar-refractivity contribution in [2.75, 3.05) is 19.9 Å². The van der Waals surface area contributed by atoms with E-state index in [4.69, 9.17) is 9.47 Å². The third kappa shape index (κ3) is 3.74. The van der Waals surface area contributed by atoms with Crippen LogP contribution in [-0.2, 0) is 11.2 Å². The van der Waals surface area contributed by atoms with E-state index in [1.807, 2.05) is 12.1 Å². The van der Waals surface area contributed by atoms with E-state index in [1.54, 1.807) is 6.92 Å². The van der Waals surface area contributed by atoms with Crippen LogP contribution >= 0.6 is 0 Å². The van der Waals surface area contributed by atoms with Crippen molar-refractivity contribution in [2.45, 2.75) is 26.2 Å². The van der Waals surface area contributed by atoms with Crippen LogP contribution < -0.4 is 14.8 Å². The van der Waals surface area contributed by atoms with Crippen molar-refractivity contribution in [1.29, 1.82) is 0 Å². The molecule has 0 unspecified atom stereocenters. The molecule has 0 radical (unpaired) electrons. The highest BCUT2D eigenvalue weighted by molar-refractivity contribution is 5.75. The summed E-state index contributed by atoms with van der Waals surface area (Å²) < 4.78 is 10.6. The van der Waals surface area contributed by atoms with Crippen LogP contribution in [-0.4, -0.2) is 25.7 Å². The van der Waals surface area contributed by atoms with Gasteiger partial charge in [-0.25, -0.2) is 0 Å². The molecule has 1 heterocycles. The molecule has 4 nitrogen and oxygen atoms in total. The Balaban J connectivity index is 1.66. The summed E-state index contributed by atoms with van der Waals surface area (Å²) in [5.41, 5.74) is 1.23. The molecular formula is C14H19NO3. The first kappa shape index (κ1) is 12.9. The van der Waals surface area contributed by atoms with Gasteiger partial charge in [0.05, 0.1) is 0 Å². The zero-order chi connectivity index (χ0) is 12.8. The van der Waals surface area contributed by atoms with Crippen LogP contribution in [0.5, 0.6) is 11.5 Å². The number of carbonyl (C=O) groups excluding carboxylic acids is 1. The van der Waals surface area contributed by atoms with Gasteiger partial charge in [0.25, 0.3) is 0 Å². The first-order valence-corrected chi connectivity index (χ1v) is 6.34. The average molecular weight is 249 g/mol. The lowest BCUT2D eigenvalue weighted by molar-refractivity contribution is -0.117. The number of nitrogens with one attached hydrogen (secondary N) is 1. The molecule has 1 aromatic carbocycles. The minimum absolute atomic E-state index is 0.257. The Morgan fingerprint density at radius 1 is 1.28 bits per heavy atom. The predicted molar refractivity (Wildman–Crippen MR) is 69.1 cm³/mol. The molecule has 0 amide bonds. The second-order valence-electron chi connectivity index (χ2n) is 4.49. The van der Waals surface area contributed by atoms with Crippen molar-refractivity contribution >= 4 is 5.78 Å². The second kappa shape index (κ2) is 6.40. The summed E-state index contributed by atoms with van der Waals surface area (Å²) in [6.45, 7) is 3.76. The molecule has 0 saturated heterocycles. The number of ketones is 1. The highest BCUT2D eigenvalue weighted by atomic mass is 16.7. The molecule has 0 spiro atoms. The number of hydrogen-bond acceptors (Lipinski definition) is 4. The van der Waals surface area contributed by atoms with Crippen LogP contribution in [0.1, 0.15) is 25.3 Å². The standard InChI is InChI=1S/C14H19NO3/c1-11(16)3-2-7-15-8-6-12-4-5-13-14(9-12)18-10-17-13/h4-5,9,15H,2-3,6-8,10H2,1H3. The lowest BCUT2D eigenvalue weighted by atomic mass is 10.1. The zero-order valence-corrected chi connectivity index (χ0v) is 10.7. The minimum atomic E-state index is 0.257. The van der Waals surface area contributed by atoms with Gasteiger partial charge in [0, 0.05) is 6.42 Å². The third-order valence-electron chi connectivity index (χ3n) is 2.91. The van der Waals surface area contributed by atoms with Gasteiger partial charge in [-0.1, -0.05) is 6.07 Å². The topological polar surface area (TPSA) is 47.6 Å². The second-order valence-corrected chi connectivity index (χ2v) is 4.49. The molecule has 98 valence electrons. The van der Waals surface area contributed by atoms with Crippen molar-refractivity contribution < 1.29 is 14.3 Å². The van der Waals surface area contributed by atoms with Gasteiger partial charge in [-0.2, -0.15) is 0 Å². The molecule has 1 N–H and O–H groups in total. The van der Waals surface area contributed by atoms with E-state index < -0.39 is 0 Å². The normalized spacial score (nSPS) is 12.7. The molecule has 0 atom stereocenters. The van der Waals surface area contributed by atoms with Crippen LogP contribution in [0.25, 0.3) is 0 Å².